The molecule has 0 bridgehead atoms. The van der Waals surface area contributed by atoms with Gasteiger partial charge in [0.05, 0.1) is 26.4 Å². The van der Waals surface area contributed by atoms with Crippen molar-refractivity contribution in [3.8, 4) is 11.1 Å². The Kier molecular flexibility index (Phi) is 5.89. The summed E-state index contributed by atoms with van der Waals surface area (Å²) < 4.78 is 52.9. The van der Waals surface area contributed by atoms with E-state index in [0.717, 1.165) is 24.1 Å². The number of carbonyl (C=O) groups excluding carboxylic acids is 1. The molecule has 2 aliphatic rings. The van der Waals surface area contributed by atoms with Crippen molar-refractivity contribution in [2.75, 3.05) is 31.7 Å². The van der Waals surface area contributed by atoms with Gasteiger partial charge in [0.2, 0.25) is 0 Å². The SMILES string of the molecule is Cc1ccc(NC(=O)c2ccnc(C(C)(F)F)c2)cc1-c1cc(C2(O)COC2)cc(C2(F)COC2)c1. The summed E-state index contributed by atoms with van der Waals surface area (Å²) in [5, 5.41) is 13.6. The van der Waals surface area contributed by atoms with Crippen LogP contribution in [-0.4, -0.2) is 42.4 Å². The molecule has 0 radical (unpaired) electrons. The van der Waals surface area contributed by atoms with Crippen molar-refractivity contribution < 1.29 is 32.5 Å². The number of nitrogens with zero attached hydrogens (tertiary/aromatic N) is 1. The third-order valence-electron chi connectivity index (χ3n) is 6.61. The number of carbonyl (C=O) groups is 1. The predicted octanol–water partition coefficient (Wildman–Crippen LogP) is 4.83. The highest BCUT2D eigenvalue weighted by Crippen LogP contribution is 2.41. The van der Waals surface area contributed by atoms with Crippen molar-refractivity contribution in [1.82, 2.24) is 4.98 Å². The van der Waals surface area contributed by atoms with Gasteiger partial charge >= 0.3 is 0 Å². The maximum Gasteiger partial charge on any atom is 0.286 e. The number of hydrogen-bond acceptors (Lipinski definition) is 5. The molecule has 36 heavy (non-hydrogen) atoms. The number of benzene rings is 2. The largest absolute Gasteiger partial charge is 0.380 e. The summed E-state index contributed by atoms with van der Waals surface area (Å²) >= 11 is 0. The minimum atomic E-state index is -3.18. The van der Waals surface area contributed by atoms with E-state index >= 15 is 4.39 Å². The Balaban J connectivity index is 1.49. The Labute approximate surface area is 206 Å². The molecule has 2 aliphatic heterocycles. The molecular weight excluding hydrogens is 473 g/mol. The minimum absolute atomic E-state index is 0.0458. The maximum absolute atomic E-state index is 15.3. The van der Waals surface area contributed by atoms with Gasteiger partial charge in [0.1, 0.15) is 11.3 Å². The van der Waals surface area contributed by atoms with Crippen molar-refractivity contribution in [1.29, 1.82) is 0 Å². The van der Waals surface area contributed by atoms with Crippen molar-refractivity contribution in [3.05, 3.63) is 82.7 Å². The Morgan fingerprint density at radius 1 is 1.03 bits per heavy atom. The summed E-state index contributed by atoms with van der Waals surface area (Å²) in [5.41, 5.74) is 0.328. The number of pyridine rings is 1. The molecule has 0 saturated carbocycles. The lowest BCUT2D eigenvalue weighted by molar-refractivity contribution is -0.184. The van der Waals surface area contributed by atoms with Gasteiger partial charge in [0, 0.05) is 24.4 Å². The zero-order valence-electron chi connectivity index (χ0n) is 19.8. The third kappa shape index (κ3) is 4.50. The second-order valence-corrected chi connectivity index (χ2v) is 9.58. The molecule has 0 atom stereocenters. The average Bonchev–Trinajstić information content (AvgIpc) is 2.81. The molecule has 2 fully saturated rings. The lowest BCUT2D eigenvalue weighted by Crippen LogP contribution is -2.47. The van der Waals surface area contributed by atoms with Crippen molar-refractivity contribution in [2.45, 2.75) is 31.0 Å². The zero-order valence-corrected chi connectivity index (χ0v) is 19.8. The van der Waals surface area contributed by atoms with Crippen LogP contribution >= 0.6 is 0 Å². The molecule has 188 valence electrons. The molecule has 2 saturated heterocycles. The number of ether oxygens (including phenoxy) is 2. The average molecular weight is 499 g/mol. The highest BCUT2D eigenvalue weighted by Gasteiger charge is 2.44. The second kappa shape index (κ2) is 8.69. The monoisotopic (exact) mass is 498 g/mol. The third-order valence-corrected chi connectivity index (χ3v) is 6.61. The van der Waals surface area contributed by atoms with Gasteiger partial charge in [-0.1, -0.05) is 6.07 Å². The fraction of sp³-hybridized carbons (Fsp3) is 0.333. The van der Waals surface area contributed by atoms with Crippen LogP contribution in [0.15, 0.2) is 54.7 Å². The Morgan fingerprint density at radius 3 is 2.33 bits per heavy atom. The topological polar surface area (TPSA) is 80.7 Å². The summed E-state index contributed by atoms with van der Waals surface area (Å²) in [4.78, 5) is 16.4. The van der Waals surface area contributed by atoms with Crippen LogP contribution in [0.2, 0.25) is 0 Å². The van der Waals surface area contributed by atoms with Gasteiger partial charge in [-0.2, -0.15) is 8.78 Å². The number of rotatable bonds is 6. The van der Waals surface area contributed by atoms with E-state index in [0.29, 0.717) is 22.4 Å². The number of anilines is 1. The molecule has 2 N–H and O–H groups in total. The summed E-state index contributed by atoms with van der Waals surface area (Å²) in [5.74, 6) is -3.74. The van der Waals surface area contributed by atoms with E-state index in [1.165, 1.54) is 12.3 Å². The molecule has 3 heterocycles. The van der Waals surface area contributed by atoms with E-state index in [4.69, 9.17) is 9.47 Å². The van der Waals surface area contributed by atoms with Crippen LogP contribution in [0, 0.1) is 6.92 Å². The number of aromatic nitrogens is 1. The molecule has 5 rings (SSSR count). The summed E-state index contributed by atoms with van der Waals surface area (Å²) in [6, 6.07) is 12.8. The number of halogens is 3. The zero-order chi connectivity index (χ0) is 25.7. The first kappa shape index (κ1) is 24.4. The molecule has 0 spiro atoms. The predicted molar refractivity (Wildman–Crippen MR) is 127 cm³/mol. The number of hydrogen-bond donors (Lipinski definition) is 2. The van der Waals surface area contributed by atoms with Gasteiger partial charge in [-0.3, -0.25) is 9.78 Å². The highest BCUT2D eigenvalue weighted by atomic mass is 19.3. The summed E-state index contributed by atoms with van der Waals surface area (Å²) in [6.45, 7) is 2.70. The smallest absolute Gasteiger partial charge is 0.286 e. The summed E-state index contributed by atoms with van der Waals surface area (Å²) in [6.07, 6.45) is 1.17. The van der Waals surface area contributed by atoms with Crippen LogP contribution in [0.25, 0.3) is 11.1 Å². The molecule has 0 unspecified atom stereocenters. The molecule has 2 aromatic carbocycles. The van der Waals surface area contributed by atoms with Crippen molar-refractivity contribution in [3.63, 3.8) is 0 Å². The molecular formula is C27H25F3N2O4. The normalized spacial score (nSPS) is 18.2. The van der Waals surface area contributed by atoms with Gasteiger partial charge in [-0.15, -0.1) is 0 Å². The van der Waals surface area contributed by atoms with Crippen LogP contribution in [0.1, 0.15) is 39.7 Å². The molecule has 1 aromatic heterocycles. The molecule has 0 aliphatic carbocycles. The van der Waals surface area contributed by atoms with E-state index < -0.39 is 28.8 Å². The Bertz CT molecular complexity index is 1290. The van der Waals surface area contributed by atoms with E-state index in [1.54, 1.807) is 36.4 Å². The van der Waals surface area contributed by atoms with Gasteiger partial charge in [0.15, 0.2) is 5.67 Å². The molecule has 9 heteroatoms. The van der Waals surface area contributed by atoms with Crippen LogP contribution in [-0.2, 0) is 26.7 Å². The van der Waals surface area contributed by atoms with E-state index in [-0.39, 0.29) is 32.0 Å². The molecule has 1 amide bonds. The fourth-order valence-corrected chi connectivity index (χ4v) is 4.25. The van der Waals surface area contributed by atoms with Crippen molar-refractivity contribution in [2.24, 2.45) is 0 Å². The van der Waals surface area contributed by atoms with E-state index in [9.17, 15) is 18.7 Å². The molecule has 3 aromatic rings. The van der Waals surface area contributed by atoms with Crippen LogP contribution < -0.4 is 5.32 Å². The van der Waals surface area contributed by atoms with Gasteiger partial charge in [-0.25, -0.2) is 4.39 Å². The first-order valence-electron chi connectivity index (χ1n) is 11.5. The quantitative estimate of drug-likeness (QED) is 0.509. The Hall–Kier alpha value is -3.27. The first-order valence-corrected chi connectivity index (χ1v) is 11.5. The fourth-order valence-electron chi connectivity index (χ4n) is 4.25. The van der Waals surface area contributed by atoms with Gasteiger partial charge in [0.25, 0.3) is 11.8 Å². The number of aryl methyl sites for hydroxylation is 1. The van der Waals surface area contributed by atoms with Gasteiger partial charge in [-0.05, 0) is 77.2 Å². The van der Waals surface area contributed by atoms with E-state index in [1.807, 2.05) is 6.92 Å². The molecule has 6 nitrogen and oxygen atoms in total. The lowest BCUT2D eigenvalue weighted by Gasteiger charge is -2.39. The number of nitrogens with one attached hydrogen (secondary N) is 1. The van der Waals surface area contributed by atoms with Gasteiger partial charge < -0.3 is 19.9 Å². The first-order chi connectivity index (χ1) is 17.0. The highest BCUT2D eigenvalue weighted by molar-refractivity contribution is 6.04. The number of amides is 1. The van der Waals surface area contributed by atoms with E-state index in [2.05, 4.69) is 10.3 Å². The minimum Gasteiger partial charge on any atom is -0.380 e. The van der Waals surface area contributed by atoms with Crippen LogP contribution in [0.3, 0.4) is 0 Å². The Morgan fingerprint density at radius 2 is 1.72 bits per heavy atom. The maximum atomic E-state index is 15.3. The second-order valence-electron chi connectivity index (χ2n) is 9.58. The van der Waals surface area contributed by atoms with Crippen molar-refractivity contribution >= 4 is 11.6 Å². The van der Waals surface area contributed by atoms with Crippen LogP contribution in [0.5, 0.6) is 0 Å². The number of aliphatic hydroxyl groups is 1. The number of alkyl halides is 3. The lowest BCUT2D eigenvalue weighted by atomic mass is 9.83. The summed E-state index contributed by atoms with van der Waals surface area (Å²) in [7, 11) is 0. The van der Waals surface area contributed by atoms with Crippen LogP contribution in [0.4, 0.5) is 18.9 Å². The standard InChI is InChI=1S/C27H25F3N2O4/c1-16-3-4-21(32-24(33)17-5-6-31-23(9-17)25(2,28)29)11-22(16)18-7-19(26(30)12-35-13-26)10-20(8-18)27(34)14-36-15-27/h3-11,34H,12-15H2,1-2H3,(H,32,33).